The summed E-state index contributed by atoms with van der Waals surface area (Å²) in [7, 11) is 0. The minimum atomic E-state index is -0.308. The second kappa shape index (κ2) is 8.68. The summed E-state index contributed by atoms with van der Waals surface area (Å²) in [6.45, 7) is 2.48. The summed E-state index contributed by atoms with van der Waals surface area (Å²) >= 11 is 0. The van der Waals surface area contributed by atoms with E-state index in [0.29, 0.717) is 12.2 Å². The van der Waals surface area contributed by atoms with Gasteiger partial charge in [0.2, 0.25) is 11.8 Å². The molecule has 0 bridgehead atoms. The SMILES string of the molecule is Cc1cccc(NC(=O)CC(=O)NCCCc2ccccn2)c1. The first-order valence-corrected chi connectivity index (χ1v) is 7.66. The van der Waals surface area contributed by atoms with Crippen LogP contribution in [-0.4, -0.2) is 23.3 Å². The van der Waals surface area contributed by atoms with E-state index in [1.165, 1.54) is 0 Å². The lowest BCUT2D eigenvalue weighted by atomic mass is 10.2. The van der Waals surface area contributed by atoms with E-state index in [1.54, 1.807) is 12.3 Å². The van der Waals surface area contributed by atoms with Crippen molar-refractivity contribution >= 4 is 17.5 Å². The highest BCUT2D eigenvalue weighted by atomic mass is 16.2. The molecular weight excluding hydrogens is 290 g/mol. The summed E-state index contributed by atoms with van der Waals surface area (Å²) in [6, 6.07) is 13.2. The lowest BCUT2D eigenvalue weighted by Crippen LogP contribution is -2.29. The number of nitrogens with one attached hydrogen (secondary N) is 2. The third kappa shape index (κ3) is 6.30. The number of aryl methyl sites for hydroxylation is 2. The zero-order valence-corrected chi connectivity index (χ0v) is 13.2. The molecule has 0 unspecified atom stereocenters. The molecule has 1 aromatic heterocycles. The number of hydrogen-bond donors (Lipinski definition) is 2. The predicted molar refractivity (Wildman–Crippen MR) is 90.0 cm³/mol. The molecule has 2 rings (SSSR count). The zero-order chi connectivity index (χ0) is 16.5. The third-order valence-corrected chi connectivity index (χ3v) is 3.28. The molecule has 0 aliphatic carbocycles. The van der Waals surface area contributed by atoms with Crippen LogP contribution in [-0.2, 0) is 16.0 Å². The van der Waals surface area contributed by atoms with E-state index < -0.39 is 0 Å². The molecule has 5 heteroatoms. The van der Waals surface area contributed by atoms with Crippen molar-refractivity contribution in [1.82, 2.24) is 10.3 Å². The van der Waals surface area contributed by atoms with Crippen LogP contribution in [0.15, 0.2) is 48.7 Å². The lowest BCUT2D eigenvalue weighted by molar-refractivity contribution is -0.126. The van der Waals surface area contributed by atoms with Crippen molar-refractivity contribution in [1.29, 1.82) is 0 Å². The maximum Gasteiger partial charge on any atom is 0.233 e. The largest absolute Gasteiger partial charge is 0.356 e. The minimum absolute atomic E-state index is 0.169. The van der Waals surface area contributed by atoms with E-state index in [1.807, 2.05) is 43.3 Å². The van der Waals surface area contributed by atoms with Crippen LogP contribution in [0.3, 0.4) is 0 Å². The fourth-order valence-corrected chi connectivity index (χ4v) is 2.18. The van der Waals surface area contributed by atoms with Crippen LogP contribution in [0.1, 0.15) is 24.1 Å². The summed E-state index contributed by atoms with van der Waals surface area (Å²) in [4.78, 5) is 27.8. The molecule has 0 saturated carbocycles. The highest BCUT2D eigenvalue weighted by molar-refractivity contribution is 6.03. The minimum Gasteiger partial charge on any atom is -0.356 e. The standard InChI is InChI=1S/C18H21N3O2/c1-14-6-4-8-16(12-14)21-18(23)13-17(22)20-11-5-9-15-7-2-3-10-19-15/h2-4,6-8,10,12H,5,9,11,13H2,1H3,(H,20,22)(H,21,23). The van der Waals surface area contributed by atoms with Crippen LogP contribution < -0.4 is 10.6 Å². The number of aromatic nitrogens is 1. The summed E-state index contributed by atoms with van der Waals surface area (Å²) in [5.74, 6) is -0.575. The molecule has 0 aliphatic rings. The fraction of sp³-hybridized carbons (Fsp3) is 0.278. The molecule has 1 heterocycles. The number of anilines is 1. The first kappa shape index (κ1) is 16.7. The Labute approximate surface area is 136 Å². The van der Waals surface area contributed by atoms with Gasteiger partial charge in [-0.25, -0.2) is 0 Å². The van der Waals surface area contributed by atoms with Gasteiger partial charge in [-0.05, 0) is 49.6 Å². The van der Waals surface area contributed by atoms with E-state index in [-0.39, 0.29) is 18.2 Å². The predicted octanol–water partition coefficient (Wildman–Crippen LogP) is 2.47. The Morgan fingerprint density at radius 2 is 1.96 bits per heavy atom. The molecule has 5 nitrogen and oxygen atoms in total. The van der Waals surface area contributed by atoms with Gasteiger partial charge in [-0.3, -0.25) is 14.6 Å². The van der Waals surface area contributed by atoms with E-state index >= 15 is 0 Å². The van der Waals surface area contributed by atoms with E-state index in [0.717, 1.165) is 24.1 Å². The zero-order valence-electron chi connectivity index (χ0n) is 13.2. The first-order chi connectivity index (χ1) is 11.1. The van der Waals surface area contributed by atoms with E-state index in [9.17, 15) is 9.59 Å². The number of hydrogen-bond acceptors (Lipinski definition) is 3. The Balaban J connectivity index is 1.65. The van der Waals surface area contributed by atoms with Crippen molar-refractivity contribution in [3.05, 3.63) is 59.9 Å². The van der Waals surface area contributed by atoms with Crippen LogP contribution in [0.4, 0.5) is 5.69 Å². The maximum atomic E-state index is 11.8. The molecule has 2 N–H and O–H groups in total. The Morgan fingerprint density at radius 3 is 2.70 bits per heavy atom. The molecule has 0 atom stereocenters. The highest BCUT2D eigenvalue weighted by Crippen LogP contribution is 2.09. The van der Waals surface area contributed by atoms with Gasteiger partial charge >= 0.3 is 0 Å². The van der Waals surface area contributed by atoms with Crippen LogP contribution >= 0.6 is 0 Å². The number of carbonyl (C=O) groups excluding carboxylic acids is 2. The molecule has 0 aliphatic heterocycles. The van der Waals surface area contributed by atoms with Gasteiger partial charge in [-0.2, -0.15) is 0 Å². The highest BCUT2D eigenvalue weighted by Gasteiger charge is 2.09. The Hall–Kier alpha value is -2.69. The molecule has 120 valence electrons. The molecule has 1 aromatic carbocycles. The van der Waals surface area contributed by atoms with Gasteiger partial charge in [-0.15, -0.1) is 0 Å². The number of nitrogens with zero attached hydrogens (tertiary/aromatic N) is 1. The number of benzene rings is 1. The first-order valence-electron chi connectivity index (χ1n) is 7.66. The van der Waals surface area contributed by atoms with Crippen molar-refractivity contribution in [3.8, 4) is 0 Å². The topological polar surface area (TPSA) is 71.1 Å². The van der Waals surface area contributed by atoms with Crippen LogP contribution in [0, 0.1) is 6.92 Å². The lowest BCUT2D eigenvalue weighted by Gasteiger charge is -2.07. The normalized spacial score (nSPS) is 10.1. The van der Waals surface area contributed by atoms with Crippen LogP contribution in [0.2, 0.25) is 0 Å². The summed E-state index contributed by atoms with van der Waals surface area (Å²) < 4.78 is 0. The second-order valence-corrected chi connectivity index (χ2v) is 5.37. The van der Waals surface area contributed by atoms with Crippen molar-refractivity contribution in [2.75, 3.05) is 11.9 Å². The number of pyridine rings is 1. The van der Waals surface area contributed by atoms with E-state index in [2.05, 4.69) is 15.6 Å². The third-order valence-electron chi connectivity index (χ3n) is 3.28. The smallest absolute Gasteiger partial charge is 0.233 e. The molecule has 0 spiro atoms. The quantitative estimate of drug-likeness (QED) is 0.609. The monoisotopic (exact) mass is 311 g/mol. The molecule has 23 heavy (non-hydrogen) atoms. The van der Waals surface area contributed by atoms with E-state index in [4.69, 9.17) is 0 Å². The van der Waals surface area contributed by atoms with Crippen LogP contribution in [0.25, 0.3) is 0 Å². The van der Waals surface area contributed by atoms with Gasteiger partial charge in [0.25, 0.3) is 0 Å². The number of carbonyl (C=O) groups is 2. The average molecular weight is 311 g/mol. The molecule has 2 aromatic rings. The summed E-state index contributed by atoms with van der Waals surface area (Å²) in [6.07, 6.45) is 3.18. The van der Waals surface area contributed by atoms with Crippen molar-refractivity contribution in [3.63, 3.8) is 0 Å². The van der Waals surface area contributed by atoms with Crippen molar-refractivity contribution in [2.24, 2.45) is 0 Å². The van der Waals surface area contributed by atoms with Crippen molar-refractivity contribution < 1.29 is 9.59 Å². The number of amides is 2. The molecule has 0 saturated heterocycles. The number of rotatable bonds is 7. The maximum absolute atomic E-state index is 11.8. The molecule has 2 amide bonds. The second-order valence-electron chi connectivity index (χ2n) is 5.37. The van der Waals surface area contributed by atoms with Gasteiger partial charge in [0.05, 0.1) is 0 Å². The Morgan fingerprint density at radius 1 is 1.09 bits per heavy atom. The van der Waals surface area contributed by atoms with Gasteiger partial charge in [0.15, 0.2) is 0 Å². The van der Waals surface area contributed by atoms with Crippen LogP contribution in [0.5, 0.6) is 0 Å². The van der Waals surface area contributed by atoms with Gasteiger partial charge in [-0.1, -0.05) is 18.2 Å². The molecular formula is C18H21N3O2. The summed E-state index contributed by atoms with van der Waals surface area (Å²) in [5, 5.41) is 5.47. The van der Waals surface area contributed by atoms with Gasteiger partial charge in [0, 0.05) is 24.1 Å². The molecule has 0 fully saturated rings. The Bertz CT molecular complexity index is 656. The summed E-state index contributed by atoms with van der Waals surface area (Å²) in [5.41, 5.74) is 2.76. The van der Waals surface area contributed by atoms with Gasteiger partial charge < -0.3 is 10.6 Å². The van der Waals surface area contributed by atoms with Gasteiger partial charge in [0.1, 0.15) is 6.42 Å². The van der Waals surface area contributed by atoms with Crippen molar-refractivity contribution in [2.45, 2.75) is 26.2 Å². The fourth-order valence-electron chi connectivity index (χ4n) is 2.18. The average Bonchev–Trinajstić information content (AvgIpc) is 2.52. The Kier molecular flexibility index (Phi) is 6.29. The molecule has 0 radical (unpaired) electrons.